The molecule has 1 aliphatic carbocycles. The first-order valence-electron chi connectivity index (χ1n) is 5.54. The third-order valence-corrected chi connectivity index (χ3v) is 3.28. The molecule has 2 rings (SSSR count). The van der Waals surface area contributed by atoms with Gasteiger partial charge in [0.1, 0.15) is 0 Å². The largest absolute Gasteiger partial charge is 0.288 e. The zero-order valence-electron chi connectivity index (χ0n) is 8.21. The highest BCUT2D eigenvalue weighted by atomic mass is 15.2. The van der Waals surface area contributed by atoms with Crippen LogP contribution < -0.4 is 0 Å². The van der Waals surface area contributed by atoms with Crippen molar-refractivity contribution in [2.24, 2.45) is 5.92 Å². The maximum atomic E-state index is 8.95. The topological polar surface area (TPSA) is 27.0 Å². The van der Waals surface area contributed by atoms with E-state index in [4.69, 9.17) is 5.26 Å². The Morgan fingerprint density at radius 1 is 1.23 bits per heavy atom. The van der Waals surface area contributed by atoms with Gasteiger partial charge in [-0.25, -0.2) is 0 Å². The van der Waals surface area contributed by atoms with Crippen LogP contribution in [0.5, 0.6) is 0 Å². The van der Waals surface area contributed by atoms with Gasteiger partial charge in [-0.05, 0) is 44.7 Å². The first-order valence-corrected chi connectivity index (χ1v) is 5.54. The predicted octanol–water partition coefficient (Wildman–Crippen LogP) is 2.16. The van der Waals surface area contributed by atoms with Crippen LogP contribution in [0.3, 0.4) is 0 Å². The van der Waals surface area contributed by atoms with Crippen LogP contribution in [-0.2, 0) is 0 Å². The smallest absolute Gasteiger partial charge is 0.0977 e. The van der Waals surface area contributed by atoms with Gasteiger partial charge in [-0.2, -0.15) is 5.26 Å². The molecule has 0 aromatic carbocycles. The summed E-state index contributed by atoms with van der Waals surface area (Å²) in [6, 6.07) is 2.65. The number of hydrogen-bond acceptors (Lipinski definition) is 2. The molecule has 1 saturated carbocycles. The normalized spacial score (nSPS) is 29.9. The molecule has 1 heterocycles. The molecule has 0 radical (unpaired) electrons. The highest BCUT2D eigenvalue weighted by Gasteiger charge is 2.25. The fourth-order valence-electron chi connectivity index (χ4n) is 2.16. The fourth-order valence-corrected chi connectivity index (χ4v) is 2.16. The van der Waals surface area contributed by atoms with Crippen LogP contribution in [0.1, 0.15) is 38.5 Å². The lowest BCUT2D eigenvalue weighted by Gasteiger charge is -2.31. The second-order valence-corrected chi connectivity index (χ2v) is 4.41. The van der Waals surface area contributed by atoms with E-state index in [0.29, 0.717) is 0 Å². The van der Waals surface area contributed by atoms with Crippen LogP contribution in [0, 0.1) is 17.2 Å². The van der Waals surface area contributed by atoms with Crippen LogP contribution >= 0.6 is 0 Å². The van der Waals surface area contributed by atoms with Crippen molar-refractivity contribution in [2.75, 3.05) is 13.1 Å². The van der Waals surface area contributed by atoms with Crippen molar-refractivity contribution in [3.05, 3.63) is 0 Å². The molecule has 0 aromatic rings. The van der Waals surface area contributed by atoms with E-state index in [1.807, 2.05) is 0 Å². The standard InChI is InChI=1S/C11H18N2/c12-9-11-3-1-2-7-13(11)8-6-10-4-5-10/h10-11H,1-8H2. The van der Waals surface area contributed by atoms with Crippen molar-refractivity contribution >= 4 is 0 Å². The van der Waals surface area contributed by atoms with Gasteiger partial charge >= 0.3 is 0 Å². The first-order chi connectivity index (χ1) is 6.40. The van der Waals surface area contributed by atoms with Gasteiger partial charge in [0, 0.05) is 0 Å². The lowest BCUT2D eigenvalue weighted by molar-refractivity contribution is 0.180. The summed E-state index contributed by atoms with van der Waals surface area (Å²) in [5.41, 5.74) is 0. The Balaban J connectivity index is 1.76. The van der Waals surface area contributed by atoms with Crippen LogP contribution in [0.4, 0.5) is 0 Å². The van der Waals surface area contributed by atoms with Gasteiger partial charge in [-0.1, -0.05) is 12.8 Å². The van der Waals surface area contributed by atoms with Gasteiger partial charge in [0.2, 0.25) is 0 Å². The Kier molecular flexibility index (Phi) is 2.85. The summed E-state index contributed by atoms with van der Waals surface area (Å²) in [6.45, 7) is 2.33. The van der Waals surface area contributed by atoms with E-state index >= 15 is 0 Å². The van der Waals surface area contributed by atoms with E-state index in [0.717, 1.165) is 18.9 Å². The number of piperidine rings is 1. The summed E-state index contributed by atoms with van der Waals surface area (Å²) in [6.07, 6.45) is 7.84. The van der Waals surface area contributed by atoms with E-state index in [2.05, 4.69) is 11.0 Å². The number of rotatable bonds is 3. The van der Waals surface area contributed by atoms with E-state index in [1.165, 1.54) is 38.6 Å². The monoisotopic (exact) mass is 178 g/mol. The quantitative estimate of drug-likeness (QED) is 0.662. The average molecular weight is 178 g/mol. The molecule has 1 aliphatic heterocycles. The molecular weight excluding hydrogens is 160 g/mol. The summed E-state index contributed by atoms with van der Waals surface area (Å²) in [5, 5.41) is 8.95. The molecule has 2 fully saturated rings. The van der Waals surface area contributed by atoms with Crippen molar-refractivity contribution in [1.29, 1.82) is 5.26 Å². The zero-order chi connectivity index (χ0) is 9.10. The Hall–Kier alpha value is -0.550. The van der Waals surface area contributed by atoms with Gasteiger partial charge in [0.05, 0.1) is 12.1 Å². The van der Waals surface area contributed by atoms with Gasteiger partial charge < -0.3 is 0 Å². The summed E-state index contributed by atoms with van der Waals surface area (Å²) in [4.78, 5) is 2.39. The molecule has 2 nitrogen and oxygen atoms in total. The lowest BCUT2D eigenvalue weighted by Crippen LogP contribution is -2.39. The van der Waals surface area contributed by atoms with E-state index < -0.39 is 0 Å². The molecular formula is C11H18N2. The first kappa shape index (κ1) is 9.02. The molecule has 13 heavy (non-hydrogen) atoms. The number of hydrogen-bond donors (Lipinski definition) is 0. The van der Waals surface area contributed by atoms with Crippen LogP contribution in [0.15, 0.2) is 0 Å². The van der Waals surface area contributed by atoms with E-state index in [-0.39, 0.29) is 6.04 Å². The van der Waals surface area contributed by atoms with Crippen molar-refractivity contribution in [3.63, 3.8) is 0 Å². The molecule has 0 N–H and O–H groups in total. The minimum atomic E-state index is 0.229. The Morgan fingerprint density at radius 2 is 2.08 bits per heavy atom. The van der Waals surface area contributed by atoms with Crippen molar-refractivity contribution in [2.45, 2.75) is 44.6 Å². The molecule has 2 heteroatoms. The van der Waals surface area contributed by atoms with Crippen molar-refractivity contribution in [3.8, 4) is 6.07 Å². The summed E-state index contributed by atoms with van der Waals surface area (Å²) in [5.74, 6) is 1.00. The number of likely N-dealkylation sites (tertiary alicyclic amines) is 1. The summed E-state index contributed by atoms with van der Waals surface area (Å²) >= 11 is 0. The van der Waals surface area contributed by atoms with Crippen LogP contribution in [0.2, 0.25) is 0 Å². The van der Waals surface area contributed by atoms with Crippen LogP contribution in [0.25, 0.3) is 0 Å². The van der Waals surface area contributed by atoms with Gasteiger partial charge in [0.25, 0.3) is 0 Å². The highest BCUT2D eigenvalue weighted by molar-refractivity contribution is 4.94. The third kappa shape index (κ3) is 2.45. The molecule has 2 aliphatic rings. The Bertz CT molecular complexity index is 203. The maximum Gasteiger partial charge on any atom is 0.0977 e. The molecule has 1 saturated heterocycles. The molecule has 0 aromatic heterocycles. The maximum absolute atomic E-state index is 8.95. The van der Waals surface area contributed by atoms with Crippen molar-refractivity contribution in [1.82, 2.24) is 4.90 Å². The number of nitriles is 1. The lowest BCUT2D eigenvalue weighted by atomic mass is 10.0. The van der Waals surface area contributed by atoms with Gasteiger partial charge in [0.15, 0.2) is 0 Å². The minimum absolute atomic E-state index is 0.229. The second kappa shape index (κ2) is 4.11. The van der Waals surface area contributed by atoms with Crippen LogP contribution in [-0.4, -0.2) is 24.0 Å². The number of nitrogens with zero attached hydrogens (tertiary/aromatic N) is 2. The third-order valence-electron chi connectivity index (χ3n) is 3.28. The van der Waals surface area contributed by atoms with Gasteiger partial charge in [-0.15, -0.1) is 0 Å². The van der Waals surface area contributed by atoms with E-state index in [9.17, 15) is 0 Å². The molecule has 0 spiro atoms. The SMILES string of the molecule is N#CC1CCCCN1CCC1CC1. The minimum Gasteiger partial charge on any atom is -0.288 e. The molecule has 0 amide bonds. The van der Waals surface area contributed by atoms with Crippen molar-refractivity contribution < 1.29 is 0 Å². The predicted molar refractivity (Wildman–Crippen MR) is 52.2 cm³/mol. The second-order valence-electron chi connectivity index (χ2n) is 4.41. The summed E-state index contributed by atoms with van der Waals surface area (Å²) < 4.78 is 0. The Morgan fingerprint density at radius 3 is 2.77 bits per heavy atom. The fraction of sp³-hybridized carbons (Fsp3) is 0.909. The molecule has 72 valence electrons. The average Bonchev–Trinajstić information content (AvgIpc) is 2.99. The summed E-state index contributed by atoms with van der Waals surface area (Å²) in [7, 11) is 0. The Labute approximate surface area is 80.5 Å². The molecule has 0 bridgehead atoms. The van der Waals surface area contributed by atoms with Gasteiger partial charge in [-0.3, -0.25) is 4.90 Å². The highest BCUT2D eigenvalue weighted by Crippen LogP contribution is 2.33. The molecule has 1 unspecified atom stereocenters. The van der Waals surface area contributed by atoms with E-state index in [1.54, 1.807) is 0 Å². The zero-order valence-corrected chi connectivity index (χ0v) is 8.21. The molecule has 1 atom stereocenters.